The molecule has 1 aliphatic rings. The van der Waals surface area contributed by atoms with Crippen LogP contribution in [0.4, 0.5) is 0 Å². The maximum atomic E-state index is 11.1. The largest absolute Gasteiger partial charge is 0.300 e. The van der Waals surface area contributed by atoms with Crippen molar-refractivity contribution in [2.24, 2.45) is 0 Å². The van der Waals surface area contributed by atoms with Crippen molar-refractivity contribution in [2.75, 3.05) is 13.1 Å². The van der Waals surface area contributed by atoms with Gasteiger partial charge in [0.25, 0.3) is 0 Å². The molecule has 22 heavy (non-hydrogen) atoms. The molecule has 1 unspecified atom stereocenters. The summed E-state index contributed by atoms with van der Waals surface area (Å²) in [4.78, 5) is 13.8. The van der Waals surface area contributed by atoms with Gasteiger partial charge in [-0.3, -0.25) is 4.79 Å². The number of carbonyl (C=O) groups excluding carboxylic acids is 1. The fourth-order valence-electron chi connectivity index (χ4n) is 3.25. The molecule has 0 aliphatic carbocycles. The van der Waals surface area contributed by atoms with Crippen molar-refractivity contribution in [1.82, 2.24) is 4.90 Å². The topological polar surface area (TPSA) is 20.3 Å². The fraction of sp³-hybridized carbons (Fsp3) is 0.550. The minimum Gasteiger partial charge on any atom is -0.300 e. The Morgan fingerprint density at radius 1 is 1.23 bits per heavy atom. The van der Waals surface area contributed by atoms with Crippen LogP contribution >= 0.6 is 0 Å². The van der Waals surface area contributed by atoms with Crippen LogP contribution in [0.15, 0.2) is 29.8 Å². The van der Waals surface area contributed by atoms with Crippen LogP contribution in [0.3, 0.4) is 0 Å². The molecule has 0 radical (unpaired) electrons. The normalized spacial score (nSPS) is 17.3. The van der Waals surface area contributed by atoms with Crippen LogP contribution in [0, 0.1) is 0 Å². The highest BCUT2D eigenvalue weighted by Crippen LogP contribution is 2.22. The first-order valence-corrected chi connectivity index (χ1v) is 8.60. The second-order valence-corrected chi connectivity index (χ2v) is 6.60. The Kier molecular flexibility index (Phi) is 6.38. The van der Waals surface area contributed by atoms with Gasteiger partial charge in [-0.15, -0.1) is 0 Å². The molecule has 0 bridgehead atoms. The number of rotatable bonds is 6. The summed E-state index contributed by atoms with van der Waals surface area (Å²) in [5.74, 6) is 0.222. The minimum atomic E-state index is 0.222. The van der Waals surface area contributed by atoms with Gasteiger partial charge in [-0.1, -0.05) is 49.3 Å². The van der Waals surface area contributed by atoms with Crippen molar-refractivity contribution in [2.45, 2.75) is 58.9 Å². The van der Waals surface area contributed by atoms with Crippen LogP contribution < -0.4 is 0 Å². The lowest BCUT2D eigenvalue weighted by Gasteiger charge is -2.33. The lowest BCUT2D eigenvalue weighted by molar-refractivity contribution is -0.116. The molecule has 1 aromatic rings. The van der Waals surface area contributed by atoms with Crippen LogP contribution in [0.2, 0.25) is 0 Å². The van der Waals surface area contributed by atoms with E-state index in [1.807, 2.05) is 0 Å². The number of piperidine rings is 1. The average molecular weight is 299 g/mol. The van der Waals surface area contributed by atoms with Crippen molar-refractivity contribution in [3.05, 3.63) is 41.0 Å². The number of ketones is 1. The van der Waals surface area contributed by atoms with Gasteiger partial charge in [0.1, 0.15) is 5.78 Å². The fourth-order valence-corrected chi connectivity index (χ4v) is 3.25. The smallest absolute Gasteiger partial charge is 0.134 e. The molecule has 2 nitrogen and oxygen atoms in total. The Morgan fingerprint density at radius 2 is 1.86 bits per heavy atom. The first-order valence-electron chi connectivity index (χ1n) is 8.60. The molecule has 1 fully saturated rings. The standard InChI is InChI=1S/C20H29NO/c1-4-5-16(2)21-12-10-20(11-13-21)15-19-8-6-18(7-9-19)14-17(3)22/h6-9,15-16H,4-5,10-14H2,1-3H3. The molecular formula is C20H29NO. The minimum absolute atomic E-state index is 0.222. The highest BCUT2D eigenvalue weighted by Gasteiger charge is 2.18. The van der Waals surface area contributed by atoms with E-state index in [0.717, 1.165) is 11.6 Å². The highest BCUT2D eigenvalue weighted by molar-refractivity contribution is 5.78. The van der Waals surface area contributed by atoms with Crippen LogP contribution in [-0.4, -0.2) is 29.8 Å². The zero-order valence-electron chi connectivity index (χ0n) is 14.3. The summed E-state index contributed by atoms with van der Waals surface area (Å²) < 4.78 is 0. The summed E-state index contributed by atoms with van der Waals surface area (Å²) in [7, 11) is 0. The second kappa shape index (κ2) is 8.28. The predicted octanol–water partition coefficient (Wildman–Crippen LogP) is 4.49. The number of carbonyl (C=O) groups is 1. The Balaban J connectivity index is 1.90. The van der Waals surface area contributed by atoms with Crippen LogP contribution in [-0.2, 0) is 11.2 Å². The Labute approximate surface area is 135 Å². The molecule has 2 heteroatoms. The van der Waals surface area contributed by atoms with Gasteiger partial charge in [-0.05, 0) is 44.2 Å². The molecule has 0 N–H and O–H groups in total. The van der Waals surface area contributed by atoms with Crippen LogP contribution in [0.1, 0.15) is 57.6 Å². The lowest BCUT2D eigenvalue weighted by Crippen LogP contribution is -2.37. The molecule has 1 saturated heterocycles. The summed E-state index contributed by atoms with van der Waals surface area (Å²) in [5.41, 5.74) is 3.93. The van der Waals surface area contributed by atoms with Gasteiger partial charge in [0.15, 0.2) is 0 Å². The summed E-state index contributed by atoms with van der Waals surface area (Å²) in [6.07, 6.45) is 7.82. The number of benzene rings is 1. The van der Waals surface area contributed by atoms with E-state index in [0.29, 0.717) is 6.42 Å². The maximum Gasteiger partial charge on any atom is 0.134 e. The summed E-state index contributed by atoms with van der Waals surface area (Å²) in [6, 6.07) is 9.14. The van der Waals surface area contributed by atoms with E-state index >= 15 is 0 Å². The summed E-state index contributed by atoms with van der Waals surface area (Å²) >= 11 is 0. The van der Waals surface area contributed by atoms with E-state index in [2.05, 4.69) is 49.1 Å². The quantitative estimate of drug-likeness (QED) is 0.771. The van der Waals surface area contributed by atoms with E-state index in [9.17, 15) is 4.79 Å². The van der Waals surface area contributed by atoms with Gasteiger partial charge in [-0.25, -0.2) is 0 Å². The van der Waals surface area contributed by atoms with Crippen molar-refractivity contribution >= 4 is 11.9 Å². The molecular weight excluding hydrogens is 270 g/mol. The molecule has 1 aliphatic heterocycles. The number of hydrogen-bond donors (Lipinski definition) is 0. The van der Waals surface area contributed by atoms with Gasteiger partial charge in [0, 0.05) is 25.6 Å². The average Bonchev–Trinajstić information content (AvgIpc) is 2.50. The van der Waals surface area contributed by atoms with Crippen LogP contribution in [0.25, 0.3) is 6.08 Å². The van der Waals surface area contributed by atoms with E-state index in [1.165, 1.54) is 44.3 Å². The summed E-state index contributed by atoms with van der Waals surface area (Å²) in [5, 5.41) is 0. The predicted molar refractivity (Wildman–Crippen MR) is 94.0 cm³/mol. The molecule has 1 atom stereocenters. The van der Waals surface area contributed by atoms with E-state index in [1.54, 1.807) is 12.5 Å². The third-order valence-corrected chi connectivity index (χ3v) is 4.57. The molecule has 0 amide bonds. The van der Waals surface area contributed by atoms with E-state index in [-0.39, 0.29) is 5.78 Å². The zero-order valence-corrected chi connectivity index (χ0v) is 14.3. The van der Waals surface area contributed by atoms with Crippen molar-refractivity contribution < 1.29 is 4.79 Å². The SMILES string of the molecule is CCCC(C)N1CCC(=Cc2ccc(CC(C)=O)cc2)CC1. The maximum absolute atomic E-state index is 11.1. The third kappa shape index (κ3) is 5.10. The first kappa shape index (κ1) is 17.0. The van der Waals surface area contributed by atoms with Gasteiger partial charge >= 0.3 is 0 Å². The highest BCUT2D eigenvalue weighted by atomic mass is 16.1. The first-order chi connectivity index (χ1) is 10.6. The monoisotopic (exact) mass is 299 g/mol. The molecule has 0 spiro atoms. The van der Waals surface area contributed by atoms with E-state index in [4.69, 9.17) is 0 Å². The second-order valence-electron chi connectivity index (χ2n) is 6.60. The van der Waals surface area contributed by atoms with Gasteiger partial charge in [-0.2, -0.15) is 0 Å². The number of hydrogen-bond acceptors (Lipinski definition) is 2. The van der Waals surface area contributed by atoms with Gasteiger partial charge < -0.3 is 4.90 Å². The molecule has 1 heterocycles. The van der Waals surface area contributed by atoms with Crippen molar-refractivity contribution in [1.29, 1.82) is 0 Å². The Bertz CT molecular complexity index is 505. The third-order valence-electron chi connectivity index (χ3n) is 4.57. The van der Waals surface area contributed by atoms with Crippen molar-refractivity contribution in [3.8, 4) is 0 Å². The molecule has 0 aromatic heterocycles. The molecule has 0 saturated carbocycles. The van der Waals surface area contributed by atoms with Crippen LogP contribution in [0.5, 0.6) is 0 Å². The number of nitrogens with zero attached hydrogens (tertiary/aromatic N) is 1. The van der Waals surface area contributed by atoms with Gasteiger partial charge in [0.2, 0.25) is 0 Å². The summed E-state index contributed by atoms with van der Waals surface area (Å²) in [6.45, 7) is 8.64. The van der Waals surface area contributed by atoms with Gasteiger partial charge in [0.05, 0.1) is 0 Å². The molecule has 120 valence electrons. The van der Waals surface area contributed by atoms with Crippen molar-refractivity contribution in [3.63, 3.8) is 0 Å². The number of Topliss-reactive ketones (excluding diaryl/α,β-unsaturated/α-hetero) is 1. The molecule has 1 aromatic carbocycles. The molecule has 2 rings (SSSR count). The Hall–Kier alpha value is -1.41. The van der Waals surface area contributed by atoms with E-state index < -0.39 is 0 Å². The lowest BCUT2D eigenvalue weighted by atomic mass is 9.98. The zero-order chi connectivity index (χ0) is 15.9. The number of likely N-dealkylation sites (tertiary alicyclic amines) is 1. The Morgan fingerprint density at radius 3 is 2.41 bits per heavy atom.